The Kier molecular flexibility index (Phi) is 6.56. The lowest BCUT2D eigenvalue weighted by atomic mass is 10.1. The second kappa shape index (κ2) is 9.12. The molecule has 3 aromatic rings. The van der Waals surface area contributed by atoms with Crippen LogP contribution in [-0.2, 0) is 17.5 Å². The summed E-state index contributed by atoms with van der Waals surface area (Å²) in [6.45, 7) is 3.90. The minimum absolute atomic E-state index is 0.0186. The largest absolute Gasteiger partial charge is 0.416 e. The lowest BCUT2D eigenvalue weighted by molar-refractivity contribution is -0.137. The fourth-order valence-electron chi connectivity index (χ4n) is 2.60. The zero-order valence-corrected chi connectivity index (χ0v) is 16.3. The molecule has 0 spiro atoms. The number of aromatic nitrogens is 3. The van der Waals surface area contributed by atoms with Crippen LogP contribution in [0.4, 0.5) is 23.2 Å². The molecule has 0 saturated heterocycles. The number of rotatable bonds is 7. The van der Waals surface area contributed by atoms with E-state index in [9.17, 15) is 22.4 Å². The van der Waals surface area contributed by atoms with Crippen molar-refractivity contribution in [1.82, 2.24) is 14.8 Å². The lowest BCUT2D eigenvalue weighted by Gasteiger charge is -2.10. The number of amides is 1. The molecule has 0 unspecified atom stereocenters. The number of hydrogen-bond acceptors (Lipinski definition) is 4. The van der Waals surface area contributed by atoms with Gasteiger partial charge in [0.15, 0.2) is 11.0 Å². The van der Waals surface area contributed by atoms with Crippen molar-refractivity contribution in [3.05, 3.63) is 72.6 Å². The zero-order chi connectivity index (χ0) is 21.7. The van der Waals surface area contributed by atoms with Crippen molar-refractivity contribution in [1.29, 1.82) is 0 Å². The number of halogens is 4. The predicted molar refractivity (Wildman–Crippen MR) is 106 cm³/mol. The highest BCUT2D eigenvalue weighted by Crippen LogP contribution is 2.32. The van der Waals surface area contributed by atoms with E-state index in [1.807, 2.05) is 0 Å². The van der Waals surface area contributed by atoms with Crippen LogP contribution in [-0.4, -0.2) is 26.4 Å². The van der Waals surface area contributed by atoms with E-state index in [0.29, 0.717) is 10.8 Å². The molecule has 1 heterocycles. The maximum atomic E-state index is 13.0. The van der Waals surface area contributed by atoms with Gasteiger partial charge in [-0.2, -0.15) is 13.2 Å². The minimum atomic E-state index is -4.48. The molecule has 1 aromatic heterocycles. The van der Waals surface area contributed by atoms with Crippen molar-refractivity contribution in [2.75, 3.05) is 11.1 Å². The Morgan fingerprint density at radius 3 is 2.57 bits per heavy atom. The van der Waals surface area contributed by atoms with Gasteiger partial charge < -0.3 is 5.32 Å². The van der Waals surface area contributed by atoms with Gasteiger partial charge in [0.05, 0.1) is 11.3 Å². The number of benzene rings is 2. The van der Waals surface area contributed by atoms with Crippen LogP contribution in [0.1, 0.15) is 5.56 Å². The molecule has 0 radical (unpaired) electrons. The molecule has 10 heteroatoms. The molecule has 0 aliphatic heterocycles. The van der Waals surface area contributed by atoms with Gasteiger partial charge in [0.2, 0.25) is 5.91 Å². The summed E-state index contributed by atoms with van der Waals surface area (Å²) in [6.07, 6.45) is -2.92. The van der Waals surface area contributed by atoms with Gasteiger partial charge in [-0.05, 0) is 36.4 Å². The topological polar surface area (TPSA) is 59.8 Å². The van der Waals surface area contributed by atoms with E-state index in [1.165, 1.54) is 36.4 Å². The lowest BCUT2D eigenvalue weighted by Crippen LogP contribution is -2.14. The third kappa shape index (κ3) is 5.26. The Balaban J connectivity index is 1.77. The SMILES string of the molecule is C=CCn1c(SCC(=O)Nc2ccc(F)cc2)nnc1-c1cccc(C(F)(F)F)c1. The molecule has 30 heavy (non-hydrogen) atoms. The number of carbonyl (C=O) groups is 1. The number of thioether (sulfide) groups is 1. The second-order valence-electron chi connectivity index (χ2n) is 6.13. The Bertz CT molecular complexity index is 1050. The van der Waals surface area contributed by atoms with Crippen molar-refractivity contribution >= 4 is 23.4 Å². The molecule has 0 atom stereocenters. The fourth-order valence-corrected chi connectivity index (χ4v) is 3.35. The van der Waals surface area contributed by atoms with Crippen LogP contribution in [0.25, 0.3) is 11.4 Å². The number of nitrogens with one attached hydrogen (secondary N) is 1. The van der Waals surface area contributed by atoms with Gasteiger partial charge in [0.1, 0.15) is 5.82 Å². The molecule has 5 nitrogen and oxygen atoms in total. The summed E-state index contributed by atoms with van der Waals surface area (Å²) in [6, 6.07) is 10.1. The Hall–Kier alpha value is -3.14. The Morgan fingerprint density at radius 2 is 1.90 bits per heavy atom. The first-order valence-corrected chi connectivity index (χ1v) is 9.66. The van der Waals surface area contributed by atoms with Gasteiger partial charge in [-0.25, -0.2) is 4.39 Å². The summed E-state index contributed by atoms with van der Waals surface area (Å²) in [5.74, 6) is -0.542. The van der Waals surface area contributed by atoms with Crippen molar-refractivity contribution < 1.29 is 22.4 Å². The van der Waals surface area contributed by atoms with Gasteiger partial charge >= 0.3 is 6.18 Å². The fraction of sp³-hybridized carbons (Fsp3) is 0.150. The van der Waals surface area contributed by atoms with Gasteiger partial charge in [-0.3, -0.25) is 9.36 Å². The molecular weight excluding hydrogens is 420 g/mol. The average molecular weight is 436 g/mol. The third-order valence-corrected chi connectivity index (χ3v) is 4.90. The van der Waals surface area contributed by atoms with E-state index in [2.05, 4.69) is 22.1 Å². The highest BCUT2D eigenvalue weighted by Gasteiger charge is 2.31. The summed E-state index contributed by atoms with van der Waals surface area (Å²) in [7, 11) is 0. The standard InChI is InChI=1S/C20H16F4N4OS/c1-2-10-28-18(13-4-3-5-14(11-13)20(22,23)24)26-27-19(28)30-12-17(29)25-16-8-6-15(21)7-9-16/h2-9,11H,1,10,12H2,(H,25,29). The van der Waals surface area contributed by atoms with E-state index in [1.54, 1.807) is 10.6 Å². The van der Waals surface area contributed by atoms with Crippen LogP contribution in [0.15, 0.2) is 66.3 Å². The van der Waals surface area contributed by atoms with Gasteiger partial charge in [-0.1, -0.05) is 30.0 Å². The van der Waals surface area contributed by atoms with Crippen LogP contribution in [0.2, 0.25) is 0 Å². The second-order valence-corrected chi connectivity index (χ2v) is 7.07. The number of hydrogen-bond donors (Lipinski definition) is 1. The summed E-state index contributed by atoms with van der Waals surface area (Å²) in [4.78, 5) is 12.1. The summed E-state index contributed by atoms with van der Waals surface area (Å²) >= 11 is 1.08. The minimum Gasteiger partial charge on any atom is -0.325 e. The molecule has 2 aromatic carbocycles. The van der Waals surface area contributed by atoms with Crippen LogP contribution in [0.3, 0.4) is 0 Å². The maximum absolute atomic E-state index is 13.0. The third-order valence-electron chi connectivity index (χ3n) is 3.94. The van der Waals surface area contributed by atoms with Crippen molar-refractivity contribution in [2.24, 2.45) is 0 Å². The van der Waals surface area contributed by atoms with Gasteiger partial charge in [0.25, 0.3) is 0 Å². The molecule has 0 saturated carbocycles. The Labute approximate surface area is 173 Å². The first-order chi connectivity index (χ1) is 14.3. The van der Waals surface area contributed by atoms with E-state index in [4.69, 9.17) is 0 Å². The molecule has 1 N–H and O–H groups in total. The zero-order valence-electron chi connectivity index (χ0n) is 15.5. The highest BCUT2D eigenvalue weighted by atomic mass is 32.2. The molecule has 1 amide bonds. The number of alkyl halides is 3. The van der Waals surface area contributed by atoms with Crippen molar-refractivity contribution in [2.45, 2.75) is 17.9 Å². The summed E-state index contributed by atoms with van der Waals surface area (Å²) < 4.78 is 53.6. The summed E-state index contributed by atoms with van der Waals surface area (Å²) in [5, 5.41) is 11.0. The predicted octanol–water partition coefficient (Wildman–Crippen LogP) is 5.02. The molecular formula is C20H16F4N4OS. The van der Waals surface area contributed by atoms with Crippen LogP contribution in [0, 0.1) is 5.82 Å². The number of nitrogens with zero attached hydrogens (tertiary/aromatic N) is 3. The molecule has 156 valence electrons. The smallest absolute Gasteiger partial charge is 0.325 e. The number of carbonyl (C=O) groups excluding carboxylic acids is 1. The molecule has 0 bridgehead atoms. The Morgan fingerprint density at radius 1 is 1.17 bits per heavy atom. The number of anilines is 1. The average Bonchev–Trinajstić information content (AvgIpc) is 3.11. The summed E-state index contributed by atoms with van der Waals surface area (Å²) in [5.41, 5.74) is -0.0953. The molecule has 3 rings (SSSR count). The van der Waals surface area contributed by atoms with Crippen LogP contribution in [0.5, 0.6) is 0 Å². The first kappa shape index (κ1) is 21.6. The first-order valence-electron chi connectivity index (χ1n) is 8.68. The highest BCUT2D eigenvalue weighted by molar-refractivity contribution is 7.99. The quantitative estimate of drug-likeness (QED) is 0.321. The molecule has 0 fully saturated rings. The molecule has 0 aliphatic carbocycles. The van der Waals surface area contributed by atoms with Crippen molar-refractivity contribution in [3.8, 4) is 11.4 Å². The van der Waals surface area contributed by atoms with Crippen LogP contribution < -0.4 is 5.32 Å². The van der Waals surface area contributed by atoms with Gasteiger partial charge in [-0.15, -0.1) is 16.8 Å². The van der Waals surface area contributed by atoms with Crippen molar-refractivity contribution in [3.63, 3.8) is 0 Å². The van der Waals surface area contributed by atoms with E-state index < -0.39 is 17.6 Å². The van der Waals surface area contributed by atoms with Crippen LogP contribution >= 0.6 is 11.8 Å². The van der Waals surface area contributed by atoms with E-state index >= 15 is 0 Å². The van der Waals surface area contributed by atoms with E-state index in [-0.39, 0.29) is 29.6 Å². The number of allylic oxidation sites excluding steroid dienone is 1. The molecule has 0 aliphatic rings. The maximum Gasteiger partial charge on any atom is 0.416 e. The normalized spacial score (nSPS) is 11.3. The monoisotopic (exact) mass is 436 g/mol. The van der Waals surface area contributed by atoms with Gasteiger partial charge in [0, 0.05) is 17.8 Å². The van der Waals surface area contributed by atoms with E-state index in [0.717, 1.165) is 23.9 Å².